The maximum Gasteiger partial charge on any atom is 0.329 e. The molecule has 0 amide bonds. The lowest BCUT2D eigenvalue weighted by molar-refractivity contribution is -0.147. The molecule has 1 atom stereocenters. The molecule has 1 aromatic carbocycles. The molecule has 0 saturated heterocycles. The SMILES string of the molecule is CCOC(=O)C(CC)n1cnc2scc(-c3ccc(OCC)cc3)c2c1=O. The summed E-state index contributed by atoms with van der Waals surface area (Å²) in [5.41, 5.74) is 1.49. The summed E-state index contributed by atoms with van der Waals surface area (Å²) in [7, 11) is 0. The van der Waals surface area contributed by atoms with Gasteiger partial charge in [-0.1, -0.05) is 19.1 Å². The smallest absolute Gasteiger partial charge is 0.329 e. The standard InChI is InChI=1S/C20H22N2O4S/c1-4-16(20(24)26-6-3)22-12-21-18-17(19(22)23)15(11-27-18)13-7-9-14(10-8-13)25-5-2/h7-12,16H,4-6H2,1-3H3. The lowest BCUT2D eigenvalue weighted by atomic mass is 10.1. The van der Waals surface area contributed by atoms with E-state index in [2.05, 4.69) is 4.98 Å². The second-order valence-electron chi connectivity index (χ2n) is 5.92. The molecule has 0 radical (unpaired) electrons. The van der Waals surface area contributed by atoms with E-state index in [0.717, 1.165) is 16.9 Å². The third-order valence-corrected chi connectivity index (χ3v) is 5.16. The van der Waals surface area contributed by atoms with Gasteiger partial charge in [0.1, 0.15) is 16.6 Å². The van der Waals surface area contributed by atoms with E-state index in [0.29, 0.717) is 23.2 Å². The van der Waals surface area contributed by atoms with Crippen molar-refractivity contribution in [2.24, 2.45) is 0 Å². The number of rotatable bonds is 7. The van der Waals surface area contributed by atoms with E-state index < -0.39 is 12.0 Å². The second kappa shape index (κ2) is 8.35. The van der Waals surface area contributed by atoms with E-state index in [-0.39, 0.29) is 12.2 Å². The highest BCUT2D eigenvalue weighted by atomic mass is 32.1. The molecule has 142 valence electrons. The quantitative estimate of drug-likeness (QED) is 0.573. The summed E-state index contributed by atoms with van der Waals surface area (Å²) in [6.45, 7) is 6.40. The number of hydrogen-bond acceptors (Lipinski definition) is 6. The van der Waals surface area contributed by atoms with Gasteiger partial charge >= 0.3 is 5.97 Å². The number of hydrogen-bond donors (Lipinski definition) is 0. The fourth-order valence-electron chi connectivity index (χ4n) is 2.99. The number of aromatic nitrogens is 2. The second-order valence-corrected chi connectivity index (χ2v) is 6.78. The number of thiophene rings is 1. The van der Waals surface area contributed by atoms with Crippen LogP contribution < -0.4 is 10.3 Å². The minimum Gasteiger partial charge on any atom is -0.494 e. The Morgan fingerprint density at radius 1 is 1.19 bits per heavy atom. The van der Waals surface area contributed by atoms with Crippen molar-refractivity contribution in [3.63, 3.8) is 0 Å². The van der Waals surface area contributed by atoms with Crippen LogP contribution >= 0.6 is 11.3 Å². The Morgan fingerprint density at radius 2 is 1.93 bits per heavy atom. The lowest BCUT2D eigenvalue weighted by Crippen LogP contribution is -2.31. The van der Waals surface area contributed by atoms with Gasteiger partial charge in [-0.15, -0.1) is 11.3 Å². The first-order chi connectivity index (χ1) is 13.1. The first-order valence-electron chi connectivity index (χ1n) is 8.98. The molecule has 0 N–H and O–H groups in total. The topological polar surface area (TPSA) is 70.4 Å². The van der Waals surface area contributed by atoms with Gasteiger partial charge in [-0.3, -0.25) is 9.36 Å². The summed E-state index contributed by atoms with van der Waals surface area (Å²) >= 11 is 1.41. The summed E-state index contributed by atoms with van der Waals surface area (Å²) in [5.74, 6) is 0.366. The third kappa shape index (κ3) is 3.73. The molecule has 0 aliphatic rings. The van der Waals surface area contributed by atoms with Gasteiger partial charge in [-0.2, -0.15) is 0 Å². The number of ether oxygens (including phenoxy) is 2. The summed E-state index contributed by atoms with van der Waals surface area (Å²) in [6.07, 6.45) is 1.89. The van der Waals surface area contributed by atoms with E-state index in [4.69, 9.17) is 9.47 Å². The van der Waals surface area contributed by atoms with E-state index in [1.807, 2.05) is 43.5 Å². The molecule has 0 aliphatic carbocycles. The molecule has 0 spiro atoms. The first-order valence-corrected chi connectivity index (χ1v) is 9.86. The summed E-state index contributed by atoms with van der Waals surface area (Å²) in [6, 6.07) is 6.93. The van der Waals surface area contributed by atoms with Crippen molar-refractivity contribution >= 4 is 27.5 Å². The highest BCUT2D eigenvalue weighted by Gasteiger charge is 2.23. The molecular weight excluding hydrogens is 364 g/mol. The fourth-order valence-corrected chi connectivity index (χ4v) is 3.90. The maximum atomic E-state index is 13.2. The Balaban J connectivity index is 2.09. The van der Waals surface area contributed by atoms with Crippen LogP contribution in [0.3, 0.4) is 0 Å². The van der Waals surface area contributed by atoms with Crippen LogP contribution in [-0.2, 0) is 9.53 Å². The van der Waals surface area contributed by atoms with E-state index in [1.165, 1.54) is 22.2 Å². The average Bonchev–Trinajstić information content (AvgIpc) is 3.10. The number of benzene rings is 1. The minimum absolute atomic E-state index is 0.231. The third-order valence-electron chi connectivity index (χ3n) is 4.28. The summed E-state index contributed by atoms with van der Waals surface area (Å²) in [4.78, 5) is 30.4. The molecule has 0 bridgehead atoms. The molecule has 27 heavy (non-hydrogen) atoms. The molecule has 0 aliphatic heterocycles. The Labute approximate surface area is 161 Å². The van der Waals surface area contributed by atoms with Crippen molar-refractivity contribution in [1.29, 1.82) is 0 Å². The number of esters is 1. The van der Waals surface area contributed by atoms with E-state index >= 15 is 0 Å². The van der Waals surface area contributed by atoms with Crippen LogP contribution in [0, 0.1) is 0 Å². The van der Waals surface area contributed by atoms with Crippen LogP contribution in [0.2, 0.25) is 0 Å². The average molecular weight is 386 g/mol. The van der Waals surface area contributed by atoms with Gasteiger partial charge in [-0.05, 0) is 38.0 Å². The molecule has 0 saturated carbocycles. The van der Waals surface area contributed by atoms with Gasteiger partial charge in [0.15, 0.2) is 0 Å². The van der Waals surface area contributed by atoms with Crippen LogP contribution in [0.4, 0.5) is 0 Å². The van der Waals surface area contributed by atoms with E-state index in [1.54, 1.807) is 6.92 Å². The summed E-state index contributed by atoms with van der Waals surface area (Å²) < 4.78 is 12.0. The highest BCUT2D eigenvalue weighted by molar-refractivity contribution is 7.17. The van der Waals surface area contributed by atoms with Gasteiger partial charge in [0, 0.05) is 10.9 Å². The zero-order valence-corrected chi connectivity index (χ0v) is 16.4. The fraction of sp³-hybridized carbons (Fsp3) is 0.350. The molecule has 6 nitrogen and oxygen atoms in total. The Bertz CT molecular complexity index is 991. The van der Waals surface area contributed by atoms with Gasteiger partial charge < -0.3 is 9.47 Å². The van der Waals surface area contributed by atoms with Gasteiger partial charge in [0.05, 0.1) is 24.9 Å². The van der Waals surface area contributed by atoms with Crippen molar-refractivity contribution in [2.45, 2.75) is 33.2 Å². The molecule has 3 rings (SSSR count). The lowest BCUT2D eigenvalue weighted by Gasteiger charge is -2.16. The van der Waals surface area contributed by atoms with Crippen molar-refractivity contribution < 1.29 is 14.3 Å². The first kappa shape index (κ1) is 19.1. The molecule has 0 fully saturated rings. The molecule has 2 heterocycles. The van der Waals surface area contributed by atoms with Crippen LogP contribution in [0.5, 0.6) is 5.75 Å². The minimum atomic E-state index is -0.678. The van der Waals surface area contributed by atoms with E-state index in [9.17, 15) is 9.59 Å². The van der Waals surface area contributed by atoms with Crippen LogP contribution in [0.15, 0.2) is 40.8 Å². The van der Waals surface area contributed by atoms with Gasteiger partial charge in [0.2, 0.25) is 0 Å². The van der Waals surface area contributed by atoms with Gasteiger partial charge in [-0.25, -0.2) is 9.78 Å². The molecular formula is C20H22N2O4S. The number of fused-ring (bicyclic) bond motifs is 1. The van der Waals surface area contributed by atoms with Crippen molar-refractivity contribution in [3.8, 4) is 16.9 Å². The van der Waals surface area contributed by atoms with Crippen LogP contribution in [0.1, 0.15) is 33.2 Å². The Kier molecular flexibility index (Phi) is 5.91. The van der Waals surface area contributed by atoms with Gasteiger partial charge in [0.25, 0.3) is 5.56 Å². The highest BCUT2D eigenvalue weighted by Crippen LogP contribution is 2.32. The number of carbonyl (C=O) groups excluding carboxylic acids is 1. The predicted octanol–water partition coefficient (Wildman–Crippen LogP) is 4.04. The Hall–Kier alpha value is -2.67. The predicted molar refractivity (Wildman–Crippen MR) is 106 cm³/mol. The monoisotopic (exact) mass is 386 g/mol. The van der Waals surface area contributed by atoms with Crippen molar-refractivity contribution in [1.82, 2.24) is 9.55 Å². The largest absolute Gasteiger partial charge is 0.494 e. The Morgan fingerprint density at radius 3 is 2.56 bits per heavy atom. The van der Waals surface area contributed by atoms with Crippen molar-refractivity contribution in [3.05, 3.63) is 46.3 Å². The zero-order valence-electron chi connectivity index (χ0n) is 15.6. The van der Waals surface area contributed by atoms with Crippen molar-refractivity contribution in [2.75, 3.05) is 13.2 Å². The molecule has 2 aromatic heterocycles. The number of carbonyl (C=O) groups is 1. The normalized spacial score (nSPS) is 12.1. The molecule has 7 heteroatoms. The molecule has 3 aromatic rings. The number of nitrogens with zero attached hydrogens (tertiary/aromatic N) is 2. The maximum absolute atomic E-state index is 13.2. The summed E-state index contributed by atoms with van der Waals surface area (Å²) in [5, 5.41) is 2.44. The molecule has 1 unspecified atom stereocenters. The van der Waals surface area contributed by atoms with Crippen LogP contribution in [-0.4, -0.2) is 28.7 Å². The zero-order chi connectivity index (χ0) is 19.4. The van der Waals surface area contributed by atoms with Crippen LogP contribution in [0.25, 0.3) is 21.3 Å².